The molecule has 1 saturated heterocycles. The Kier molecular flexibility index (Phi) is 5.79. The highest BCUT2D eigenvalue weighted by Crippen LogP contribution is 2.39. The Morgan fingerprint density at radius 2 is 1.73 bits per heavy atom. The molecule has 0 bridgehead atoms. The van der Waals surface area contributed by atoms with Gasteiger partial charge in [0.05, 0.1) is 11.6 Å². The summed E-state index contributed by atoms with van der Waals surface area (Å²) in [6.07, 6.45) is 0.562. The number of rotatable bonds is 5. The first-order valence-corrected chi connectivity index (χ1v) is 9.52. The summed E-state index contributed by atoms with van der Waals surface area (Å²) < 4.78 is 0.891. The highest BCUT2D eigenvalue weighted by molar-refractivity contribution is 9.10. The van der Waals surface area contributed by atoms with Crippen molar-refractivity contribution in [3.8, 4) is 0 Å². The highest BCUT2D eigenvalue weighted by Gasteiger charge is 2.45. The number of halogens is 2. The number of alkyl halides is 1. The zero-order valence-corrected chi connectivity index (χ0v) is 16.2. The van der Waals surface area contributed by atoms with Crippen molar-refractivity contribution >= 4 is 45.0 Å². The molecule has 4 nitrogen and oxygen atoms in total. The molecule has 1 unspecified atom stereocenters. The van der Waals surface area contributed by atoms with Crippen molar-refractivity contribution in [1.82, 2.24) is 4.90 Å². The molecule has 1 aliphatic heterocycles. The minimum atomic E-state index is -0.672. The van der Waals surface area contributed by atoms with E-state index in [9.17, 15) is 14.7 Å². The minimum absolute atomic E-state index is 0.109. The van der Waals surface area contributed by atoms with Crippen LogP contribution >= 0.6 is 27.5 Å². The maximum Gasteiger partial charge on any atom is 0.295 e. The second-order valence-electron chi connectivity index (χ2n) is 5.95. The van der Waals surface area contributed by atoms with E-state index >= 15 is 0 Å². The van der Waals surface area contributed by atoms with E-state index in [1.807, 2.05) is 30.3 Å². The van der Waals surface area contributed by atoms with Crippen molar-refractivity contribution in [1.29, 1.82) is 0 Å². The molecule has 1 aliphatic rings. The number of likely N-dealkylation sites (tertiary alicyclic amines) is 1. The number of hydrogen-bond acceptors (Lipinski definition) is 3. The number of aliphatic hydroxyl groups excluding tert-OH is 1. The van der Waals surface area contributed by atoms with Crippen molar-refractivity contribution in [3.63, 3.8) is 0 Å². The smallest absolute Gasteiger partial charge is 0.295 e. The Labute approximate surface area is 165 Å². The van der Waals surface area contributed by atoms with Gasteiger partial charge >= 0.3 is 0 Å². The van der Waals surface area contributed by atoms with Gasteiger partial charge < -0.3 is 10.0 Å². The van der Waals surface area contributed by atoms with Crippen molar-refractivity contribution in [2.75, 3.05) is 12.4 Å². The molecule has 26 heavy (non-hydrogen) atoms. The topological polar surface area (TPSA) is 57.6 Å². The number of carbonyl (C=O) groups excluding carboxylic acids is 2. The first-order chi connectivity index (χ1) is 12.5. The van der Waals surface area contributed by atoms with Crippen molar-refractivity contribution < 1.29 is 14.7 Å². The average molecular weight is 435 g/mol. The van der Waals surface area contributed by atoms with Gasteiger partial charge in [-0.15, -0.1) is 11.6 Å². The molecule has 0 aromatic heterocycles. The zero-order valence-electron chi connectivity index (χ0n) is 13.9. The van der Waals surface area contributed by atoms with Gasteiger partial charge in [-0.05, 0) is 24.1 Å². The molecule has 1 atom stereocenters. The summed E-state index contributed by atoms with van der Waals surface area (Å²) >= 11 is 9.17. The summed E-state index contributed by atoms with van der Waals surface area (Å²) in [6, 6.07) is 15.5. The third-order valence-electron chi connectivity index (χ3n) is 4.31. The molecule has 0 spiro atoms. The lowest BCUT2D eigenvalue weighted by atomic mass is 9.95. The summed E-state index contributed by atoms with van der Waals surface area (Å²) in [6.45, 7) is 0.348. The van der Waals surface area contributed by atoms with E-state index in [0.717, 1.165) is 10.0 Å². The van der Waals surface area contributed by atoms with Crippen LogP contribution in [-0.4, -0.2) is 34.1 Å². The number of hydrogen-bond donors (Lipinski definition) is 1. The summed E-state index contributed by atoms with van der Waals surface area (Å²) in [5, 5.41) is 10.8. The van der Waals surface area contributed by atoms with E-state index < -0.39 is 17.7 Å². The van der Waals surface area contributed by atoms with Gasteiger partial charge in [0.25, 0.3) is 11.7 Å². The summed E-state index contributed by atoms with van der Waals surface area (Å²) in [5.41, 5.74) is 1.38. The second kappa shape index (κ2) is 8.06. The molecule has 134 valence electrons. The number of aliphatic hydroxyl groups is 1. The van der Waals surface area contributed by atoms with Crippen LogP contribution in [0.3, 0.4) is 0 Å². The van der Waals surface area contributed by atoms with Crippen LogP contribution in [0.15, 0.2) is 64.6 Å². The van der Waals surface area contributed by atoms with Crippen molar-refractivity contribution in [3.05, 3.63) is 75.8 Å². The fraction of sp³-hybridized carbons (Fsp3) is 0.200. The van der Waals surface area contributed by atoms with Gasteiger partial charge in [0.1, 0.15) is 5.76 Å². The average Bonchev–Trinajstić information content (AvgIpc) is 2.91. The number of benzene rings is 2. The molecule has 1 fully saturated rings. The van der Waals surface area contributed by atoms with Crippen LogP contribution in [0, 0.1) is 0 Å². The molecule has 1 N–H and O–H groups in total. The third kappa shape index (κ3) is 3.55. The molecule has 0 saturated carbocycles. The van der Waals surface area contributed by atoms with E-state index in [-0.39, 0.29) is 11.3 Å². The van der Waals surface area contributed by atoms with Gasteiger partial charge in [-0.2, -0.15) is 0 Å². The Balaban J connectivity index is 2.15. The van der Waals surface area contributed by atoms with Crippen molar-refractivity contribution in [2.24, 2.45) is 0 Å². The molecule has 2 aromatic rings. The Bertz CT molecular complexity index is 849. The third-order valence-corrected chi connectivity index (χ3v) is 5.10. The molecule has 1 heterocycles. The van der Waals surface area contributed by atoms with Crippen LogP contribution in [-0.2, 0) is 9.59 Å². The van der Waals surface area contributed by atoms with Crippen LogP contribution in [0.2, 0.25) is 0 Å². The van der Waals surface area contributed by atoms with Crippen molar-refractivity contribution in [2.45, 2.75) is 12.5 Å². The van der Waals surface area contributed by atoms with Gasteiger partial charge in [0.2, 0.25) is 0 Å². The molecular weight excluding hydrogens is 418 g/mol. The van der Waals surface area contributed by atoms with Gasteiger partial charge in [-0.25, -0.2) is 0 Å². The highest BCUT2D eigenvalue weighted by atomic mass is 79.9. The molecule has 0 radical (unpaired) electrons. The number of Topliss-reactive ketones (excluding diaryl/α,β-unsaturated/α-hetero) is 1. The minimum Gasteiger partial charge on any atom is -0.507 e. The fourth-order valence-corrected chi connectivity index (χ4v) is 3.47. The quantitative estimate of drug-likeness (QED) is 0.326. The van der Waals surface area contributed by atoms with Crippen LogP contribution in [0.1, 0.15) is 23.6 Å². The first-order valence-electron chi connectivity index (χ1n) is 8.20. The normalized spacial score (nSPS) is 19.2. The van der Waals surface area contributed by atoms with E-state index in [0.29, 0.717) is 24.4 Å². The fourth-order valence-electron chi connectivity index (χ4n) is 3.08. The van der Waals surface area contributed by atoms with E-state index in [1.54, 1.807) is 24.3 Å². The Morgan fingerprint density at radius 1 is 1.08 bits per heavy atom. The van der Waals surface area contributed by atoms with Crippen LogP contribution in [0.4, 0.5) is 0 Å². The molecule has 3 rings (SSSR count). The Morgan fingerprint density at radius 3 is 2.35 bits per heavy atom. The maximum atomic E-state index is 12.7. The van der Waals surface area contributed by atoms with E-state index in [1.165, 1.54) is 4.90 Å². The number of amides is 1. The number of nitrogens with zero attached hydrogens (tertiary/aromatic N) is 1. The first kappa shape index (κ1) is 18.7. The predicted octanol–water partition coefficient (Wildman–Crippen LogP) is 4.50. The van der Waals surface area contributed by atoms with Gasteiger partial charge in [-0.3, -0.25) is 9.59 Å². The second-order valence-corrected chi connectivity index (χ2v) is 7.25. The summed E-state index contributed by atoms with van der Waals surface area (Å²) in [5.74, 6) is -1.06. The zero-order chi connectivity index (χ0) is 18.7. The lowest BCUT2D eigenvalue weighted by Crippen LogP contribution is -2.30. The van der Waals surface area contributed by atoms with Crippen LogP contribution in [0.25, 0.3) is 5.76 Å². The monoisotopic (exact) mass is 433 g/mol. The van der Waals surface area contributed by atoms with Gasteiger partial charge in [0, 0.05) is 22.5 Å². The standard InChI is InChI=1S/C20H17BrClNO3/c21-15-9-7-13(8-10-15)17-16(18(24)14-5-2-1-3-6-14)19(25)20(26)23(17)12-4-11-22/h1-3,5-10,17,24H,4,11-12H2/b18-16+. The van der Waals surface area contributed by atoms with Crippen LogP contribution < -0.4 is 0 Å². The van der Waals surface area contributed by atoms with Gasteiger partial charge in [0.15, 0.2) is 0 Å². The lowest BCUT2D eigenvalue weighted by Gasteiger charge is -2.25. The Hall–Kier alpha value is -2.11. The van der Waals surface area contributed by atoms with Crippen LogP contribution in [0.5, 0.6) is 0 Å². The van der Waals surface area contributed by atoms with E-state index in [2.05, 4.69) is 15.9 Å². The van der Waals surface area contributed by atoms with Gasteiger partial charge in [-0.1, -0.05) is 58.4 Å². The molecule has 1 amide bonds. The molecule has 0 aliphatic carbocycles. The SMILES string of the molecule is O=C1C(=O)N(CCCCl)C(c2ccc(Br)cc2)/C1=C(\O)c1ccccc1. The summed E-state index contributed by atoms with van der Waals surface area (Å²) in [7, 11) is 0. The molecule has 2 aromatic carbocycles. The molecular formula is C20H17BrClNO3. The molecule has 6 heteroatoms. The number of ketones is 1. The summed E-state index contributed by atoms with van der Waals surface area (Å²) in [4.78, 5) is 26.8. The maximum absolute atomic E-state index is 12.7. The van der Waals surface area contributed by atoms with E-state index in [4.69, 9.17) is 11.6 Å². The number of carbonyl (C=O) groups is 2. The largest absolute Gasteiger partial charge is 0.507 e. The predicted molar refractivity (Wildman–Crippen MR) is 105 cm³/mol. The lowest BCUT2D eigenvalue weighted by molar-refractivity contribution is -0.139.